The first-order valence-corrected chi connectivity index (χ1v) is 12.6. The van der Waals surface area contributed by atoms with Crippen molar-refractivity contribution in [1.29, 1.82) is 0 Å². The van der Waals surface area contributed by atoms with Crippen LogP contribution in [-0.4, -0.2) is 61.5 Å². The zero-order chi connectivity index (χ0) is 23.0. The summed E-state index contributed by atoms with van der Waals surface area (Å²) in [5, 5.41) is 2.85. The molecule has 31 heavy (non-hydrogen) atoms. The van der Waals surface area contributed by atoms with Crippen LogP contribution in [0.25, 0.3) is 0 Å². The molecule has 170 valence electrons. The zero-order valence-electron chi connectivity index (χ0n) is 18.6. The van der Waals surface area contributed by atoms with E-state index in [-0.39, 0.29) is 29.3 Å². The van der Waals surface area contributed by atoms with Gasteiger partial charge in [-0.05, 0) is 56.2 Å². The average molecular weight is 450 g/mol. The normalized spacial score (nSPS) is 24.9. The van der Waals surface area contributed by atoms with Crippen molar-refractivity contribution in [3.8, 4) is 0 Å². The van der Waals surface area contributed by atoms with Crippen LogP contribution >= 0.6 is 0 Å². The van der Waals surface area contributed by atoms with E-state index in [0.717, 1.165) is 36.0 Å². The quantitative estimate of drug-likeness (QED) is 0.672. The average Bonchev–Trinajstić information content (AvgIpc) is 2.96. The fourth-order valence-corrected chi connectivity index (χ4v) is 5.05. The number of amides is 4. The number of nitrogens with zero attached hydrogens (tertiary/aromatic N) is 2. The van der Waals surface area contributed by atoms with Crippen LogP contribution in [0.1, 0.15) is 57.6 Å². The Morgan fingerprint density at radius 1 is 1.23 bits per heavy atom. The van der Waals surface area contributed by atoms with Crippen molar-refractivity contribution in [3.63, 3.8) is 0 Å². The predicted octanol–water partition coefficient (Wildman–Crippen LogP) is 2.50. The van der Waals surface area contributed by atoms with Gasteiger partial charge < -0.3 is 10.2 Å². The summed E-state index contributed by atoms with van der Waals surface area (Å²) in [6.45, 7) is 3.63. The molecule has 3 rings (SSSR count). The lowest BCUT2D eigenvalue weighted by molar-refractivity contribution is -0.140. The van der Waals surface area contributed by atoms with Gasteiger partial charge in [-0.3, -0.25) is 14.5 Å². The summed E-state index contributed by atoms with van der Waals surface area (Å²) < 4.78 is 23.3. The van der Waals surface area contributed by atoms with Crippen LogP contribution < -0.4 is 5.32 Å². The van der Waals surface area contributed by atoms with Crippen molar-refractivity contribution >= 4 is 27.7 Å². The van der Waals surface area contributed by atoms with E-state index in [1.165, 1.54) is 17.0 Å². The van der Waals surface area contributed by atoms with E-state index in [1.807, 2.05) is 6.92 Å². The number of imide groups is 1. The Hall–Kier alpha value is -2.42. The monoisotopic (exact) mass is 449 g/mol. The fourth-order valence-electron chi connectivity index (χ4n) is 4.42. The van der Waals surface area contributed by atoms with Crippen molar-refractivity contribution in [1.82, 2.24) is 15.1 Å². The highest BCUT2D eigenvalue weighted by Gasteiger charge is 2.52. The molecule has 2 fully saturated rings. The smallest absolute Gasteiger partial charge is 0.325 e. The van der Waals surface area contributed by atoms with Gasteiger partial charge in [0.15, 0.2) is 9.84 Å². The summed E-state index contributed by atoms with van der Waals surface area (Å²) in [5.74, 6) is -0.0893. The van der Waals surface area contributed by atoms with E-state index >= 15 is 0 Å². The lowest BCUT2D eigenvalue weighted by Gasteiger charge is -2.34. The van der Waals surface area contributed by atoms with Crippen molar-refractivity contribution in [2.45, 2.75) is 62.4 Å². The number of urea groups is 1. The second kappa shape index (κ2) is 8.61. The number of sulfone groups is 1. The summed E-state index contributed by atoms with van der Waals surface area (Å²) in [4.78, 5) is 41.1. The molecule has 1 heterocycles. The first kappa shape index (κ1) is 23.2. The van der Waals surface area contributed by atoms with Gasteiger partial charge in [0.1, 0.15) is 12.1 Å². The number of likely N-dealkylation sites (N-methyl/N-ethyl adjacent to an activating group) is 1. The van der Waals surface area contributed by atoms with Gasteiger partial charge in [0.2, 0.25) is 5.91 Å². The highest BCUT2D eigenvalue weighted by atomic mass is 32.2. The molecule has 1 saturated heterocycles. The molecule has 0 bridgehead atoms. The van der Waals surface area contributed by atoms with Crippen molar-refractivity contribution < 1.29 is 22.8 Å². The maximum atomic E-state index is 13.0. The maximum Gasteiger partial charge on any atom is 0.325 e. The van der Waals surface area contributed by atoms with Crippen molar-refractivity contribution in [2.24, 2.45) is 5.92 Å². The molecule has 9 heteroatoms. The van der Waals surface area contributed by atoms with E-state index in [4.69, 9.17) is 0 Å². The van der Waals surface area contributed by atoms with E-state index in [0.29, 0.717) is 18.8 Å². The molecule has 0 aromatic heterocycles. The van der Waals surface area contributed by atoms with Crippen molar-refractivity contribution in [3.05, 3.63) is 29.8 Å². The zero-order valence-corrected chi connectivity index (χ0v) is 19.4. The van der Waals surface area contributed by atoms with E-state index in [2.05, 4.69) is 12.2 Å². The predicted molar refractivity (Wildman–Crippen MR) is 116 cm³/mol. The van der Waals surface area contributed by atoms with Gasteiger partial charge in [-0.1, -0.05) is 25.5 Å². The van der Waals surface area contributed by atoms with E-state index in [1.54, 1.807) is 19.2 Å². The highest BCUT2D eigenvalue weighted by Crippen LogP contribution is 2.37. The molecule has 4 amide bonds. The number of hydrogen-bond donors (Lipinski definition) is 1. The first-order valence-electron chi connectivity index (χ1n) is 10.7. The Balaban J connectivity index is 1.66. The minimum absolute atomic E-state index is 0.208. The Bertz CT molecular complexity index is 965. The molecule has 1 saturated carbocycles. The highest BCUT2D eigenvalue weighted by molar-refractivity contribution is 7.90. The summed E-state index contributed by atoms with van der Waals surface area (Å²) >= 11 is 0. The molecule has 0 radical (unpaired) electrons. The lowest BCUT2D eigenvalue weighted by Crippen LogP contribution is -2.50. The number of nitrogens with one attached hydrogen (secondary N) is 1. The minimum Gasteiger partial charge on any atom is -0.337 e. The molecule has 2 aliphatic rings. The third-order valence-corrected chi connectivity index (χ3v) is 7.97. The number of rotatable bonds is 6. The summed E-state index contributed by atoms with van der Waals surface area (Å²) in [5.41, 5.74) is -0.107. The molecule has 1 aliphatic carbocycles. The topological polar surface area (TPSA) is 104 Å². The Labute approximate surface area is 183 Å². The molecule has 1 unspecified atom stereocenters. The number of hydrogen-bond acceptors (Lipinski definition) is 5. The third kappa shape index (κ3) is 4.61. The van der Waals surface area contributed by atoms with E-state index in [9.17, 15) is 22.8 Å². The second-order valence-electron chi connectivity index (χ2n) is 8.78. The second-order valence-corrected chi connectivity index (χ2v) is 10.8. The molecular weight excluding hydrogens is 418 g/mol. The van der Waals surface area contributed by atoms with Gasteiger partial charge in [-0.2, -0.15) is 0 Å². The third-order valence-electron chi connectivity index (χ3n) is 6.84. The van der Waals surface area contributed by atoms with Gasteiger partial charge in [-0.15, -0.1) is 0 Å². The number of carbonyl (C=O) groups excluding carboxylic acids is 3. The molecule has 1 spiro atoms. The Morgan fingerprint density at radius 2 is 1.81 bits per heavy atom. The van der Waals surface area contributed by atoms with Crippen LogP contribution in [0.15, 0.2) is 29.2 Å². The minimum atomic E-state index is -3.30. The van der Waals surface area contributed by atoms with Crippen LogP contribution in [0, 0.1) is 5.92 Å². The maximum absolute atomic E-state index is 13.0. The summed E-state index contributed by atoms with van der Waals surface area (Å²) in [7, 11) is -1.69. The van der Waals surface area contributed by atoms with Gasteiger partial charge in [0.05, 0.1) is 10.9 Å². The van der Waals surface area contributed by atoms with E-state index < -0.39 is 21.4 Å². The molecule has 1 N–H and O–H groups in total. The largest absolute Gasteiger partial charge is 0.337 e. The van der Waals surface area contributed by atoms with Gasteiger partial charge in [0.25, 0.3) is 5.91 Å². The molecule has 1 aromatic carbocycles. The van der Waals surface area contributed by atoms with Crippen LogP contribution in [0.5, 0.6) is 0 Å². The fraction of sp³-hybridized carbons (Fsp3) is 0.591. The number of carbonyl (C=O) groups is 3. The summed E-state index contributed by atoms with van der Waals surface area (Å²) in [6, 6.07) is 5.49. The van der Waals surface area contributed by atoms with Crippen molar-refractivity contribution in [2.75, 3.05) is 19.8 Å². The standard InChI is InChI=1S/C22H31N3O5S/c1-5-16-10-12-22(13-11-16)20(27)25(21(28)23-22)14-19(26)24(3)15(2)17-6-8-18(9-7-17)31(4,29)30/h6-9,15-16H,5,10-14H2,1-4H3,(H,23,28). The van der Waals surface area contributed by atoms with Gasteiger partial charge in [-0.25, -0.2) is 13.2 Å². The van der Waals surface area contributed by atoms with Crippen LogP contribution in [-0.2, 0) is 19.4 Å². The number of benzene rings is 1. The van der Waals surface area contributed by atoms with Crippen LogP contribution in [0.3, 0.4) is 0 Å². The lowest BCUT2D eigenvalue weighted by atomic mass is 9.75. The Kier molecular flexibility index (Phi) is 6.45. The van der Waals surface area contributed by atoms with Gasteiger partial charge >= 0.3 is 6.03 Å². The molecule has 1 atom stereocenters. The molecule has 1 aliphatic heterocycles. The Morgan fingerprint density at radius 3 is 2.32 bits per heavy atom. The molecule has 1 aromatic rings. The molecular formula is C22H31N3O5S. The summed E-state index contributed by atoms with van der Waals surface area (Å²) in [6.07, 6.45) is 5.21. The molecule has 8 nitrogen and oxygen atoms in total. The van der Waals surface area contributed by atoms with Gasteiger partial charge in [0, 0.05) is 13.3 Å². The van der Waals surface area contributed by atoms with Crippen LogP contribution in [0.2, 0.25) is 0 Å². The van der Waals surface area contributed by atoms with Crippen LogP contribution in [0.4, 0.5) is 4.79 Å². The first-order chi connectivity index (χ1) is 14.5. The SMILES string of the molecule is CCC1CCC2(CC1)NC(=O)N(CC(=O)N(C)C(C)c1ccc(S(C)(=O)=O)cc1)C2=O.